The number of aliphatic hydroxyl groups is 1. The highest BCUT2D eigenvalue weighted by Gasteiger charge is 2.23. The number of hydrogen-bond donors (Lipinski definition) is 2. The summed E-state index contributed by atoms with van der Waals surface area (Å²) in [5.74, 6) is -0.212. The maximum atomic E-state index is 12.8. The molecule has 0 spiro atoms. The molecule has 0 radical (unpaired) electrons. The standard InChI is InChI=1S/C23H26N4O2/c1-15-6-7-21(24-13-15)17-10-18(12-19(11-17)23(29)26-16(2)14-28)22-8-9-25-27(22)20-4-3-5-20/h6-13,16,20,28H,3-5,14H2,1-2H3,(H,26,29). The van der Waals surface area contributed by atoms with Crippen LogP contribution in [0, 0.1) is 6.92 Å². The van der Waals surface area contributed by atoms with Gasteiger partial charge in [-0.2, -0.15) is 5.10 Å². The second kappa shape index (κ2) is 8.17. The van der Waals surface area contributed by atoms with Crippen LogP contribution in [0.2, 0.25) is 0 Å². The summed E-state index contributed by atoms with van der Waals surface area (Å²) in [6, 6.07) is 11.9. The minimum Gasteiger partial charge on any atom is -0.394 e. The molecule has 4 rings (SSSR count). The molecule has 2 heterocycles. The van der Waals surface area contributed by atoms with E-state index in [4.69, 9.17) is 0 Å². The minimum atomic E-state index is -0.312. The fourth-order valence-electron chi connectivity index (χ4n) is 3.51. The highest BCUT2D eigenvalue weighted by molar-refractivity contribution is 5.97. The third-order valence-corrected chi connectivity index (χ3v) is 5.44. The van der Waals surface area contributed by atoms with Crippen molar-refractivity contribution in [3.05, 3.63) is 59.9 Å². The second-order valence-corrected chi connectivity index (χ2v) is 7.82. The third-order valence-electron chi connectivity index (χ3n) is 5.44. The lowest BCUT2D eigenvalue weighted by Crippen LogP contribution is -2.35. The summed E-state index contributed by atoms with van der Waals surface area (Å²) < 4.78 is 2.07. The fourth-order valence-corrected chi connectivity index (χ4v) is 3.51. The molecule has 6 nitrogen and oxygen atoms in total. The Kier molecular flexibility index (Phi) is 5.45. The average Bonchev–Trinajstić information content (AvgIpc) is 3.15. The van der Waals surface area contributed by atoms with Gasteiger partial charge in [0, 0.05) is 35.1 Å². The summed E-state index contributed by atoms with van der Waals surface area (Å²) in [5, 5.41) is 16.7. The monoisotopic (exact) mass is 390 g/mol. The van der Waals surface area contributed by atoms with Crippen molar-refractivity contribution in [2.24, 2.45) is 0 Å². The van der Waals surface area contributed by atoms with E-state index in [2.05, 4.69) is 26.1 Å². The Bertz CT molecular complexity index is 1010. The summed E-state index contributed by atoms with van der Waals surface area (Å²) in [6.45, 7) is 3.67. The summed E-state index contributed by atoms with van der Waals surface area (Å²) in [7, 11) is 0. The van der Waals surface area contributed by atoms with Crippen LogP contribution >= 0.6 is 0 Å². The zero-order chi connectivity index (χ0) is 20.4. The van der Waals surface area contributed by atoms with Crippen molar-refractivity contribution in [1.29, 1.82) is 0 Å². The van der Waals surface area contributed by atoms with Gasteiger partial charge in [-0.25, -0.2) is 0 Å². The highest BCUT2D eigenvalue weighted by atomic mass is 16.3. The predicted molar refractivity (Wildman–Crippen MR) is 113 cm³/mol. The number of aryl methyl sites for hydroxylation is 1. The van der Waals surface area contributed by atoms with Crippen LogP contribution in [0.25, 0.3) is 22.5 Å². The van der Waals surface area contributed by atoms with Crippen molar-refractivity contribution in [2.75, 3.05) is 6.61 Å². The molecule has 29 heavy (non-hydrogen) atoms. The first kappa shape index (κ1) is 19.3. The molecular formula is C23H26N4O2. The quantitative estimate of drug-likeness (QED) is 0.672. The predicted octanol–water partition coefficient (Wildman–Crippen LogP) is 3.76. The van der Waals surface area contributed by atoms with E-state index in [0.29, 0.717) is 11.6 Å². The van der Waals surface area contributed by atoms with E-state index >= 15 is 0 Å². The van der Waals surface area contributed by atoms with Gasteiger partial charge >= 0.3 is 0 Å². The molecule has 1 amide bonds. The van der Waals surface area contributed by atoms with Gasteiger partial charge in [0.1, 0.15) is 0 Å². The Hall–Kier alpha value is -2.99. The molecule has 1 aliphatic carbocycles. The molecule has 6 heteroatoms. The number of benzene rings is 1. The van der Waals surface area contributed by atoms with Gasteiger partial charge in [0.15, 0.2) is 0 Å². The molecule has 1 aliphatic rings. The maximum absolute atomic E-state index is 12.8. The smallest absolute Gasteiger partial charge is 0.251 e. The van der Waals surface area contributed by atoms with Crippen LogP contribution in [0.3, 0.4) is 0 Å². The Labute approximate surface area is 170 Å². The van der Waals surface area contributed by atoms with Crippen LogP contribution < -0.4 is 5.32 Å². The molecule has 2 N–H and O–H groups in total. The van der Waals surface area contributed by atoms with E-state index in [1.165, 1.54) is 6.42 Å². The van der Waals surface area contributed by atoms with Crippen molar-refractivity contribution >= 4 is 5.91 Å². The molecule has 0 saturated heterocycles. The maximum Gasteiger partial charge on any atom is 0.251 e. The molecule has 3 aromatic rings. The van der Waals surface area contributed by atoms with Gasteiger partial charge in [0.2, 0.25) is 0 Å². The first-order chi connectivity index (χ1) is 14.0. The van der Waals surface area contributed by atoms with E-state index in [1.54, 1.807) is 6.92 Å². The van der Waals surface area contributed by atoms with E-state index < -0.39 is 0 Å². The number of nitrogens with one attached hydrogen (secondary N) is 1. The normalized spacial score (nSPS) is 15.0. The summed E-state index contributed by atoms with van der Waals surface area (Å²) in [4.78, 5) is 17.3. The molecule has 1 saturated carbocycles. The molecule has 1 aromatic carbocycles. The highest BCUT2D eigenvalue weighted by Crippen LogP contribution is 2.36. The van der Waals surface area contributed by atoms with Gasteiger partial charge in [0.05, 0.1) is 24.0 Å². The molecule has 1 unspecified atom stereocenters. The van der Waals surface area contributed by atoms with Crippen molar-refractivity contribution in [3.63, 3.8) is 0 Å². The van der Waals surface area contributed by atoms with E-state index in [0.717, 1.165) is 40.9 Å². The van der Waals surface area contributed by atoms with Gasteiger partial charge in [0.25, 0.3) is 5.91 Å². The number of carbonyl (C=O) groups is 1. The lowest BCUT2D eigenvalue weighted by molar-refractivity contribution is 0.0922. The zero-order valence-electron chi connectivity index (χ0n) is 16.8. The number of aliphatic hydroxyl groups excluding tert-OH is 1. The summed E-state index contributed by atoms with van der Waals surface area (Å²) in [5.41, 5.74) is 5.27. The van der Waals surface area contributed by atoms with Crippen LogP contribution in [0.5, 0.6) is 0 Å². The first-order valence-electron chi connectivity index (χ1n) is 10.1. The summed E-state index contributed by atoms with van der Waals surface area (Å²) >= 11 is 0. The average molecular weight is 390 g/mol. The van der Waals surface area contributed by atoms with Gasteiger partial charge in [-0.1, -0.05) is 6.07 Å². The molecule has 0 bridgehead atoms. The van der Waals surface area contributed by atoms with Gasteiger partial charge in [-0.15, -0.1) is 0 Å². The van der Waals surface area contributed by atoms with E-state index in [9.17, 15) is 9.90 Å². The number of hydrogen-bond acceptors (Lipinski definition) is 4. The van der Waals surface area contributed by atoms with Gasteiger partial charge in [-0.05, 0) is 69.0 Å². The van der Waals surface area contributed by atoms with E-state index in [-0.39, 0.29) is 18.6 Å². The Morgan fingerprint density at radius 3 is 2.69 bits per heavy atom. The second-order valence-electron chi connectivity index (χ2n) is 7.82. The molecule has 1 fully saturated rings. The lowest BCUT2D eigenvalue weighted by Gasteiger charge is -2.27. The number of nitrogens with zero attached hydrogens (tertiary/aromatic N) is 3. The van der Waals surface area contributed by atoms with Crippen LogP contribution in [-0.4, -0.2) is 38.4 Å². The minimum absolute atomic E-state index is 0.105. The number of rotatable bonds is 6. The van der Waals surface area contributed by atoms with Crippen LogP contribution in [0.4, 0.5) is 0 Å². The van der Waals surface area contributed by atoms with Crippen LogP contribution in [-0.2, 0) is 0 Å². The Morgan fingerprint density at radius 1 is 1.24 bits per heavy atom. The lowest BCUT2D eigenvalue weighted by atomic mass is 9.92. The number of pyridine rings is 1. The molecule has 2 aromatic heterocycles. The van der Waals surface area contributed by atoms with Gasteiger partial charge in [-0.3, -0.25) is 14.5 Å². The summed E-state index contributed by atoms with van der Waals surface area (Å²) in [6.07, 6.45) is 7.14. The first-order valence-corrected chi connectivity index (χ1v) is 10.1. The van der Waals surface area contributed by atoms with Crippen molar-refractivity contribution in [1.82, 2.24) is 20.1 Å². The Balaban J connectivity index is 1.79. The molecule has 1 atom stereocenters. The van der Waals surface area contributed by atoms with Gasteiger partial charge < -0.3 is 10.4 Å². The van der Waals surface area contributed by atoms with Crippen LogP contribution in [0.15, 0.2) is 48.8 Å². The number of aromatic nitrogens is 3. The van der Waals surface area contributed by atoms with Crippen LogP contribution in [0.1, 0.15) is 48.1 Å². The Morgan fingerprint density at radius 2 is 2.03 bits per heavy atom. The van der Waals surface area contributed by atoms with Crippen molar-refractivity contribution in [3.8, 4) is 22.5 Å². The van der Waals surface area contributed by atoms with Crippen molar-refractivity contribution in [2.45, 2.75) is 45.2 Å². The number of carbonyl (C=O) groups excluding carboxylic acids is 1. The largest absolute Gasteiger partial charge is 0.394 e. The topological polar surface area (TPSA) is 80.0 Å². The molecular weight excluding hydrogens is 364 g/mol. The van der Waals surface area contributed by atoms with Crippen molar-refractivity contribution < 1.29 is 9.90 Å². The molecule has 150 valence electrons. The molecule has 0 aliphatic heterocycles. The number of amides is 1. The fraction of sp³-hybridized carbons (Fsp3) is 0.348. The zero-order valence-corrected chi connectivity index (χ0v) is 16.8. The van der Waals surface area contributed by atoms with E-state index in [1.807, 2.05) is 49.6 Å². The third kappa shape index (κ3) is 4.07. The SMILES string of the molecule is Cc1ccc(-c2cc(C(=O)NC(C)CO)cc(-c3ccnn3C3CCC3)c2)nc1.